The number of halogens is 1. The van der Waals surface area contributed by atoms with E-state index in [2.05, 4.69) is 27.0 Å². The van der Waals surface area contributed by atoms with Gasteiger partial charge in [-0.3, -0.25) is 0 Å². The lowest BCUT2D eigenvalue weighted by Crippen LogP contribution is -2.01. The number of anilines is 1. The first kappa shape index (κ1) is 18.7. The van der Waals surface area contributed by atoms with E-state index in [1.54, 1.807) is 7.11 Å². The van der Waals surface area contributed by atoms with E-state index in [0.717, 1.165) is 21.3 Å². The average Bonchev–Trinajstić information content (AvgIpc) is 2.68. The van der Waals surface area contributed by atoms with Crippen molar-refractivity contribution in [3.8, 4) is 40.0 Å². The number of hydrogen-bond acceptors (Lipinski definition) is 5. The highest BCUT2D eigenvalue weighted by Gasteiger charge is 2.17. The number of nitrogen functional groups attached to an aromatic ring is 1. The van der Waals surface area contributed by atoms with Crippen molar-refractivity contribution in [2.24, 2.45) is 0 Å². The predicted molar refractivity (Wildman–Crippen MR) is 110 cm³/mol. The minimum atomic E-state index is 0.181. The quantitative estimate of drug-likeness (QED) is 0.621. The van der Waals surface area contributed by atoms with Gasteiger partial charge in [-0.2, -0.15) is 5.26 Å². The fraction of sp³-hybridized carbons (Fsp3) is 0.143. The molecule has 0 saturated carbocycles. The highest BCUT2D eigenvalue weighted by atomic mass is 79.9. The Labute approximate surface area is 166 Å². The van der Waals surface area contributed by atoms with Crippen molar-refractivity contribution >= 4 is 21.7 Å². The van der Waals surface area contributed by atoms with Gasteiger partial charge in [0.15, 0.2) is 0 Å². The van der Waals surface area contributed by atoms with Gasteiger partial charge in [0, 0.05) is 21.2 Å². The highest BCUT2D eigenvalue weighted by molar-refractivity contribution is 9.10. The summed E-state index contributed by atoms with van der Waals surface area (Å²) in [6.45, 7) is 2.54. The molecule has 2 N–H and O–H groups in total. The Morgan fingerprint density at radius 2 is 1.85 bits per heavy atom. The van der Waals surface area contributed by atoms with Gasteiger partial charge in [0.05, 0.1) is 19.4 Å². The molecule has 0 radical (unpaired) electrons. The van der Waals surface area contributed by atoms with Gasteiger partial charge in [0.25, 0.3) is 0 Å². The monoisotopic (exact) mass is 423 g/mol. The highest BCUT2D eigenvalue weighted by Crippen LogP contribution is 2.38. The van der Waals surface area contributed by atoms with Gasteiger partial charge in [0.1, 0.15) is 28.9 Å². The number of rotatable bonds is 5. The van der Waals surface area contributed by atoms with Crippen LogP contribution in [0.25, 0.3) is 22.4 Å². The van der Waals surface area contributed by atoms with Gasteiger partial charge < -0.3 is 15.2 Å². The molecule has 1 aromatic heterocycles. The average molecular weight is 424 g/mol. The van der Waals surface area contributed by atoms with E-state index in [-0.39, 0.29) is 5.82 Å². The molecule has 0 amide bonds. The molecule has 136 valence electrons. The van der Waals surface area contributed by atoms with E-state index in [1.165, 1.54) is 0 Å². The second kappa shape index (κ2) is 8.11. The molecule has 0 aliphatic carbocycles. The molecule has 3 aromatic rings. The summed E-state index contributed by atoms with van der Waals surface area (Å²) >= 11 is 3.47. The van der Waals surface area contributed by atoms with Crippen LogP contribution < -0.4 is 15.2 Å². The lowest BCUT2D eigenvalue weighted by molar-refractivity contribution is 0.340. The number of nitrogens with two attached hydrogens (primary N) is 1. The van der Waals surface area contributed by atoms with Crippen LogP contribution in [0.5, 0.6) is 11.5 Å². The number of pyridine rings is 1. The Balaban J connectivity index is 2.18. The maximum atomic E-state index is 9.61. The number of aromatic nitrogens is 1. The fourth-order valence-electron chi connectivity index (χ4n) is 2.82. The van der Waals surface area contributed by atoms with Crippen LogP contribution in [0, 0.1) is 11.3 Å². The number of methoxy groups -OCH3 is 1. The Bertz CT molecular complexity index is 1010. The number of nitrogens with zero attached hydrogens (tertiary/aromatic N) is 2. The van der Waals surface area contributed by atoms with Crippen molar-refractivity contribution in [2.75, 3.05) is 19.5 Å². The molecule has 0 aliphatic rings. The summed E-state index contributed by atoms with van der Waals surface area (Å²) in [5.74, 6) is 1.62. The van der Waals surface area contributed by atoms with Gasteiger partial charge in [-0.15, -0.1) is 0 Å². The maximum Gasteiger partial charge on any atom is 0.142 e. The SMILES string of the molecule is CCOc1ccc(-c2cc(-c3cc(Br)ccc3OC)c(C#N)c(N)n2)cc1. The van der Waals surface area contributed by atoms with Crippen LogP contribution in [-0.4, -0.2) is 18.7 Å². The minimum absolute atomic E-state index is 0.181. The van der Waals surface area contributed by atoms with Crippen LogP contribution in [0.4, 0.5) is 5.82 Å². The molecule has 27 heavy (non-hydrogen) atoms. The Morgan fingerprint density at radius 1 is 1.11 bits per heavy atom. The number of nitriles is 1. The predicted octanol–water partition coefficient (Wildman–Crippen LogP) is 5.04. The first-order valence-corrected chi connectivity index (χ1v) is 9.14. The zero-order chi connectivity index (χ0) is 19.4. The van der Waals surface area contributed by atoms with E-state index in [9.17, 15) is 5.26 Å². The van der Waals surface area contributed by atoms with Crippen molar-refractivity contribution in [1.82, 2.24) is 4.98 Å². The van der Waals surface area contributed by atoms with Gasteiger partial charge in [-0.1, -0.05) is 15.9 Å². The lowest BCUT2D eigenvalue weighted by Gasteiger charge is -2.14. The maximum absolute atomic E-state index is 9.61. The van der Waals surface area contributed by atoms with E-state index < -0.39 is 0 Å². The summed E-state index contributed by atoms with van der Waals surface area (Å²) in [4.78, 5) is 4.42. The molecule has 0 atom stereocenters. The Kier molecular flexibility index (Phi) is 5.63. The first-order valence-electron chi connectivity index (χ1n) is 8.35. The molecule has 0 spiro atoms. The van der Waals surface area contributed by atoms with Crippen LogP contribution in [0.3, 0.4) is 0 Å². The zero-order valence-electron chi connectivity index (χ0n) is 15.0. The van der Waals surface area contributed by atoms with E-state index >= 15 is 0 Å². The molecule has 3 rings (SSSR count). The number of benzene rings is 2. The molecular weight excluding hydrogens is 406 g/mol. The van der Waals surface area contributed by atoms with Gasteiger partial charge in [-0.05, 0) is 55.5 Å². The second-order valence-corrected chi connectivity index (χ2v) is 6.64. The summed E-state index contributed by atoms with van der Waals surface area (Å²) < 4.78 is 11.8. The van der Waals surface area contributed by atoms with Crippen LogP contribution in [-0.2, 0) is 0 Å². The third kappa shape index (κ3) is 3.88. The van der Waals surface area contributed by atoms with E-state index in [0.29, 0.717) is 29.2 Å². The van der Waals surface area contributed by atoms with Crippen molar-refractivity contribution in [3.63, 3.8) is 0 Å². The van der Waals surface area contributed by atoms with Crippen molar-refractivity contribution < 1.29 is 9.47 Å². The molecule has 6 heteroatoms. The summed E-state index contributed by atoms with van der Waals surface area (Å²) in [5.41, 5.74) is 9.42. The van der Waals surface area contributed by atoms with Gasteiger partial charge in [0.2, 0.25) is 0 Å². The minimum Gasteiger partial charge on any atom is -0.496 e. The molecule has 5 nitrogen and oxygen atoms in total. The topological polar surface area (TPSA) is 81.2 Å². The first-order chi connectivity index (χ1) is 13.1. The normalized spacial score (nSPS) is 10.3. The van der Waals surface area contributed by atoms with Crippen LogP contribution in [0.15, 0.2) is 53.0 Å². The second-order valence-electron chi connectivity index (χ2n) is 5.73. The standard InChI is InChI=1S/C21H18BrN3O2/c1-3-27-15-7-4-13(5-8-15)19-11-16(18(12-23)21(24)25-19)17-10-14(22)6-9-20(17)26-2/h4-11H,3H2,1-2H3,(H2,24,25). The van der Waals surface area contributed by atoms with E-state index in [4.69, 9.17) is 15.2 Å². The summed E-state index contributed by atoms with van der Waals surface area (Å²) in [7, 11) is 1.59. The summed E-state index contributed by atoms with van der Waals surface area (Å²) in [6, 6.07) is 17.2. The number of hydrogen-bond donors (Lipinski definition) is 1. The molecular formula is C21H18BrN3O2. The van der Waals surface area contributed by atoms with E-state index in [1.807, 2.05) is 55.5 Å². The third-order valence-electron chi connectivity index (χ3n) is 4.07. The lowest BCUT2D eigenvalue weighted by atomic mass is 9.97. The summed E-state index contributed by atoms with van der Waals surface area (Å²) in [6.07, 6.45) is 0. The smallest absolute Gasteiger partial charge is 0.142 e. The van der Waals surface area contributed by atoms with Crippen LogP contribution >= 0.6 is 15.9 Å². The Morgan fingerprint density at radius 3 is 2.48 bits per heavy atom. The van der Waals surface area contributed by atoms with Crippen molar-refractivity contribution in [2.45, 2.75) is 6.92 Å². The van der Waals surface area contributed by atoms with Crippen LogP contribution in [0.2, 0.25) is 0 Å². The van der Waals surface area contributed by atoms with Gasteiger partial charge >= 0.3 is 0 Å². The van der Waals surface area contributed by atoms with Crippen molar-refractivity contribution in [1.29, 1.82) is 5.26 Å². The molecule has 0 aliphatic heterocycles. The molecule has 0 bridgehead atoms. The fourth-order valence-corrected chi connectivity index (χ4v) is 3.18. The Hall–Kier alpha value is -3.04. The summed E-state index contributed by atoms with van der Waals surface area (Å²) in [5, 5.41) is 9.61. The largest absolute Gasteiger partial charge is 0.496 e. The molecule has 1 heterocycles. The number of ether oxygens (including phenoxy) is 2. The molecule has 0 saturated heterocycles. The van der Waals surface area contributed by atoms with Crippen molar-refractivity contribution in [3.05, 3.63) is 58.6 Å². The molecule has 2 aromatic carbocycles. The third-order valence-corrected chi connectivity index (χ3v) is 4.57. The van der Waals surface area contributed by atoms with Crippen LogP contribution in [0.1, 0.15) is 12.5 Å². The van der Waals surface area contributed by atoms with Gasteiger partial charge in [-0.25, -0.2) is 4.98 Å². The molecule has 0 unspecified atom stereocenters. The molecule has 0 fully saturated rings. The zero-order valence-corrected chi connectivity index (χ0v) is 16.6.